The molecule has 0 radical (unpaired) electrons. The van der Waals surface area contributed by atoms with Crippen LogP contribution in [0.3, 0.4) is 0 Å². The number of carbonyl (C=O) groups is 1. The van der Waals surface area contributed by atoms with Crippen molar-refractivity contribution < 1.29 is 19.1 Å². The summed E-state index contributed by atoms with van der Waals surface area (Å²) in [5, 5.41) is 25.1. The molecule has 0 aliphatic carbocycles. The Hall–Kier alpha value is -4.50. The summed E-state index contributed by atoms with van der Waals surface area (Å²) >= 11 is 0.941. The van der Waals surface area contributed by atoms with Crippen molar-refractivity contribution in [2.75, 3.05) is 11.5 Å². The van der Waals surface area contributed by atoms with Crippen LogP contribution in [-0.4, -0.2) is 21.9 Å². The van der Waals surface area contributed by atoms with Crippen LogP contribution in [0.1, 0.15) is 27.7 Å². The first-order chi connectivity index (χ1) is 15.2. The van der Waals surface area contributed by atoms with Crippen LogP contribution in [0.15, 0.2) is 38.6 Å². The lowest BCUT2D eigenvalue weighted by Crippen LogP contribution is -2.34. The van der Waals surface area contributed by atoms with E-state index in [1.165, 1.54) is 18.7 Å². The molecule has 0 saturated heterocycles. The number of nitrogen functional groups attached to an aromatic ring is 2. The average molecular weight is 449 g/mol. The average Bonchev–Trinajstić information content (AvgIpc) is 3.26. The highest BCUT2D eigenvalue weighted by Crippen LogP contribution is 2.41. The van der Waals surface area contributed by atoms with E-state index >= 15 is 0 Å². The van der Waals surface area contributed by atoms with Crippen LogP contribution in [0.25, 0.3) is 21.5 Å². The summed E-state index contributed by atoms with van der Waals surface area (Å²) in [5.41, 5.74) is 12.4. The van der Waals surface area contributed by atoms with Crippen LogP contribution in [0.4, 0.5) is 17.2 Å². The van der Waals surface area contributed by atoms with Crippen LogP contribution in [0, 0.1) is 11.3 Å². The highest BCUT2D eigenvalue weighted by molar-refractivity contribution is 7.21. The molecule has 0 aliphatic heterocycles. The van der Waals surface area contributed by atoms with E-state index in [9.17, 15) is 20.0 Å². The maximum Gasteiger partial charge on any atom is 0.435 e. The molecule has 4 rings (SSSR count). The lowest BCUT2D eigenvalue weighted by molar-refractivity contribution is -0.730. The number of Topliss-reactive ketones (excluding diaryl/α,β-unsaturated/α-hetero) is 1. The molecule has 1 aromatic carbocycles. The van der Waals surface area contributed by atoms with Gasteiger partial charge >= 0.3 is 11.3 Å². The zero-order valence-electron chi connectivity index (χ0n) is 16.8. The smallest absolute Gasteiger partial charge is 0.435 e. The molecule has 4 aromatic rings. The van der Waals surface area contributed by atoms with Gasteiger partial charge in [0, 0.05) is 11.5 Å². The molecule has 5 N–H and O–H groups in total. The largest absolute Gasteiger partial charge is 0.858 e. The normalized spacial score (nSPS) is 11.6. The van der Waals surface area contributed by atoms with Gasteiger partial charge in [0.05, 0.1) is 27.2 Å². The van der Waals surface area contributed by atoms with Crippen LogP contribution in [0.5, 0.6) is 0 Å². The second kappa shape index (κ2) is 7.64. The Kier molecular flexibility index (Phi) is 4.95. The Morgan fingerprint density at radius 3 is 2.59 bits per heavy atom. The molecule has 32 heavy (non-hydrogen) atoms. The van der Waals surface area contributed by atoms with E-state index in [0.29, 0.717) is 11.3 Å². The maximum atomic E-state index is 12.9. The number of thiophene rings is 1. The first-order valence-corrected chi connectivity index (χ1v) is 9.91. The fourth-order valence-electron chi connectivity index (χ4n) is 3.23. The van der Waals surface area contributed by atoms with Gasteiger partial charge in [-0.25, -0.2) is 9.78 Å². The number of aliphatic imine (C=N–C) groups is 1. The molecule has 0 saturated carbocycles. The minimum atomic E-state index is -0.746. The van der Waals surface area contributed by atoms with Gasteiger partial charge in [-0.05, 0) is 36.5 Å². The van der Waals surface area contributed by atoms with Crippen molar-refractivity contribution in [2.45, 2.75) is 6.92 Å². The topological polar surface area (TPSA) is 191 Å². The molecule has 0 unspecified atom stereocenters. The van der Waals surface area contributed by atoms with Gasteiger partial charge in [-0.1, -0.05) is 4.68 Å². The van der Waals surface area contributed by atoms with Gasteiger partial charge < -0.3 is 16.6 Å². The van der Waals surface area contributed by atoms with Crippen molar-refractivity contribution in [3.63, 3.8) is 0 Å². The number of carbonyl (C=O) groups excluding carboxylic acids is 1. The minimum absolute atomic E-state index is 0.000842. The van der Waals surface area contributed by atoms with E-state index in [4.69, 9.17) is 16.0 Å². The predicted octanol–water partition coefficient (Wildman–Crippen LogP) is 0.746. The van der Waals surface area contributed by atoms with Gasteiger partial charge in [0.15, 0.2) is 12.8 Å². The Labute approximate surface area is 183 Å². The summed E-state index contributed by atoms with van der Waals surface area (Å²) in [7, 11) is 1.51. The van der Waals surface area contributed by atoms with Crippen LogP contribution >= 0.6 is 11.3 Å². The summed E-state index contributed by atoms with van der Waals surface area (Å²) in [4.78, 5) is 32.3. The molecule has 0 atom stereocenters. The number of nitriles is 1. The third-order valence-electron chi connectivity index (χ3n) is 4.76. The quantitative estimate of drug-likeness (QED) is 0.176. The van der Waals surface area contributed by atoms with E-state index in [2.05, 4.69) is 15.2 Å². The van der Waals surface area contributed by atoms with Gasteiger partial charge in [-0.3, -0.25) is 14.3 Å². The highest BCUT2D eigenvalue weighted by atomic mass is 32.1. The number of rotatable bonds is 4. The number of aromatic amines is 1. The fourth-order valence-corrected chi connectivity index (χ4v) is 4.22. The molecular weight excluding hydrogens is 434 g/mol. The van der Waals surface area contributed by atoms with E-state index < -0.39 is 11.5 Å². The molecule has 12 heteroatoms. The lowest BCUT2D eigenvalue weighted by Gasteiger charge is -2.10. The van der Waals surface area contributed by atoms with Gasteiger partial charge in [0.1, 0.15) is 22.3 Å². The minimum Gasteiger partial charge on any atom is -0.858 e. The SMILES string of the molecule is CC(=O)c1ccc(N=C([O-])c2sc3nc(N)c(C#N)c(-c4c(=O)o[nH][n+]4C)c3c2N)cc1. The molecular formula is C20H15N7O4S. The predicted molar refractivity (Wildman–Crippen MR) is 115 cm³/mol. The number of anilines is 2. The number of ketones is 1. The molecule has 0 bridgehead atoms. The van der Waals surface area contributed by atoms with Crippen LogP contribution < -0.4 is 26.9 Å². The summed E-state index contributed by atoms with van der Waals surface area (Å²) < 4.78 is 6.08. The molecule has 0 fully saturated rings. The van der Waals surface area contributed by atoms with E-state index in [1.54, 1.807) is 24.3 Å². The Balaban J connectivity index is 1.95. The molecule has 11 nitrogen and oxygen atoms in total. The van der Waals surface area contributed by atoms with E-state index in [0.717, 1.165) is 11.3 Å². The number of H-pyrrole nitrogens is 1. The Morgan fingerprint density at radius 2 is 2.03 bits per heavy atom. The number of nitrogens with two attached hydrogens (primary N) is 2. The number of hydrogen-bond donors (Lipinski definition) is 3. The van der Waals surface area contributed by atoms with Gasteiger partial charge in [0.2, 0.25) is 0 Å². The zero-order valence-corrected chi connectivity index (χ0v) is 17.6. The number of benzene rings is 1. The number of hydrogen-bond acceptors (Lipinski definition) is 10. The first-order valence-electron chi connectivity index (χ1n) is 9.09. The van der Waals surface area contributed by atoms with Gasteiger partial charge in [-0.15, -0.1) is 11.3 Å². The van der Waals surface area contributed by atoms with Gasteiger partial charge in [0.25, 0.3) is 0 Å². The van der Waals surface area contributed by atoms with Crippen molar-refractivity contribution >= 4 is 50.4 Å². The second-order valence-electron chi connectivity index (χ2n) is 6.79. The monoisotopic (exact) mass is 449 g/mol. The first kappa shape index (κ1) is 20.8. The van der Waals surface area contributed by atoms with E-state index in [1.807, 2.05) is 6.07 Å². The van der Waals surface area contributed by atoms with Crippen molar-refractivity contribution in [3.8, 4) is 17.3 Å². The Morgan fingerprint density at radius 1 is 1.34 bits per heavy atom. The van der Waals surface area contributed by atoms with Gasteiger partial charge in [-0.2, -0.15) is 5.26 Å². The number of pyridine rings is 1. The number of fused-ring (bicyclic) bond motifs is 1. The summed E-state index contributed by atoms with van der Waals surface area (Å²) in [6.45, 7) is 1.44. The van der Waals surface area contributed by atoms with Crippen LogP contribution in [-0.2, 0) is 7.05 Å². The lowest BCUT2D eigenvalue weighted by atomic mass is 10.0. The van der Waals surface area contributed by atoms with Crippen molar-refractivity contribution in [1.29, 1.82) is 5.26 Å². The summed E-state index contributed by atoms with van der Waals surface area (Å²) in [5.74, 6) is -0.870. The van der Waals surface area contributed by atoms with E-state index in [-0.39, 0.29) is 49.2 Å². The molecule has 3 aromatic heterocycles. The summed E-state index contributed by atoms with van der Waals surface area (Å²) in [6, 6.07) is 8.14. The highest BCUT2D eigenvalue weighted by Gasteiger charge is 2.31. The summed E-state index contributed by atoms with van der Waals surface area (Å²) in [6.07, 6.45) is 0. The standard InChI is InChI=1S/C20H15N7O4S/c1-8(28)9-3-5-10(6-4-9)24-18(29)16-14(22)13-12(15-20(30)31-26-27(15)2)11(7-21)17(23)25-19(13)32-16/h3-6H,1-2H3,(H5-,22,23,24,25,26,28,29,30). The molecule has 160 valence electrons. The molecule has 0 amide bonds. The fraction of sp³-hybridized carbons (Fsp3) is 0.100. The molecule has 3 heterocycles. The van der Waals surface area contributed by atoms with Crippen molar-refractivity contribution in [2.24, 2.45) is 12.0 Å². The number of nitrogens with one attached hydrogen (secondary N) is 1. The third kappa shape index (κ3) is 3.26. The van der Waals surface area contributed by atoms with Crippen molar-refractivity contribution in [3.05, 3.63) is 50.7 Å². The maximum absolute atomic E-state index is 12.9. The number of aromatic nitrogens is 3. The third-order valence-corrected chi connectivity index (χ3v) is 5.84. The Bertz CT molecular complexity index is 1520. The number of aryl methyl sites for hydroxylation is 1. The van der Waals surface area contributed by atoms with Crippen LogP contribution in [0.2, 0.25) is 0 Å². The molecule has 0 aliphatic rings. The second-order valence-corrected chi connectivity index (χ2v) is 7.79. The zero-order chi connectivity index (χ0) is 23.2. The molecule has 0 spiro atoms. The number of nitrogens with zero attached hydrogens (tertiary/aromatic N) is 4. The van der Waals surface area contributed by atoms with Crippen molar-refractivity contribution in [1.82, 2.24) is 10.3 Å².